The number of amides is 2. The summed E-state index contributed by atoms with van der Waals surface area (Å²) in [6.07, 6.45) is 18.9. The molecule has 1 aliphatic heterocycles. The number of hydrogen-bond donors (Lipinski definition) is 3. The van der Waals surface area contributed by atoms with Crippen LogP contribution in [0, 0.1) is 23.6 Å². The van der Waals surface area contributed by atoms with Crippen molar-refractivity contribution in [2.24, 2.45) is 22.9 Å². The van der Waals surface area contributed by atoms with E-state index >= 15 is 4.79 Å². The van der Waals surface area contributed by atoms with E-state index in [2.05, 4.69) is 24.9 Å². The van der Waals surface area contributed by atoms with Crippen LogP contribution in [0.5, 0.6) is 11.5 Å². The van der Waals surface area contributed by atoms with Crippen molar-refractivity contribution in [3.63, 3.8) is 0 Å². The van der Waals surface area contributed by atoms with Crippen LogP contribution in [-0.2, 0) is 38.8 Å². The smallest absolute Gasteiger partial charge is 0.412 e. The lowest BCUT2D eigenvalue weighted by atomic mass is 9.55. The zero-order valence-electron chi connectivity index (χ0n) is 45.9. The molecule has 2 amide bonds. The van der Waals surface area contributed by atoms with Gasteiger partial charge in [0, 0.05) is 44.2 Å². The molecule has 0 radical (unpaired) electrons. The number of hydrogen-bond acceptors (Lipinski definition) is 11. The highest BCUT2D eigenvalue weighted by Gasteiger charge is 2.65. The van der Waals surface area contributed by atoms with Crippen LogP contribution >= 0.6 is 0 Å². The van der Waals surface area contributed by atoms with Crippen molar-refractivity contribution >= 4 is 17.9 Å². The van der Waals surface area contributed by atoms with E-state index in [0.29, 0.717) is 55.2 Å². The predicted molar refractivity (Wildman–Crippen MR) is 301 cm³/mol. The highest BCUT2D eigenvalue weighted by molar-refractivity contribution is 6.03. The molecule has 7 rings (SSSR count). The number of oxime groups is 1. The van der Waals surface area contributed by atoms with Gasteiger partial charge in [-0.2, -0.15) is 0 Å². The summed E-state index contributed by atoms with van der Waals surface area (Å²) in [5.74, 6) is -2.32. The number of carbonyl (C=O) groups is 2. The fraction of sp³-hybridized carbons (Fsp3) is 0.516. The van der Waals surface area contributed by atoms with Gasteiger partial charge in [0.25, 0.3) is 0 Å². The van der Waals surface area contributed by atoms with Crippen LogP contribution in [0.2, 0.25) is 0 Å². The van der Waals surface area contributed by atoms with Gasteiger partial charge >= 0.3 is 12.2 Å². The maximum atomic E-state index is 15.1. The molecular formula is C64H84FN3O10. The van der Waals surface area contributed by atoms with E-state index in [0.717, 1.165) is 60.8 Å². The third kappa shape index (κ3) is 17.0. The topological polar surface area (TPSA) is 158 Å². The Morgan fingerprint density at radius 3 is 2.14 bits per heavy atom. The summed E-state index contributed by atoms with van der Waals surface area (Å²) in [6, 6.07) is 30.0. The minimum Gasteiger partial charge on any atom is -0.459 e. The number of halogens is 1. The van der Waals surface area contributed by atoms with Gasteiger partial charge in [0.1, 0.15) is 36.6 Å². The minimum atomic E-state index is -1.61. The van der Waals surface area contributed by atoms with Crippen molar-refractivity contribution in [3.05, 3.63) is 156 Å². The molecule has 3 aliphatic rings. The molecular weight excluding hydrogens is 990 g/mol. The fourth-order valence-electron chi connectivity index (χ4n) is 11.5. The predicted octanol–water partition coefficient (Wildman–Crippen LogP) is 13.5. The van der Waals surface area contributed by atoms with Crippen molar-refractivity contribution in [1.29, 1.82) is 0 Å². The van der Waals surface area contributed by atoms with Gasteiger partial charge in [0.15, 0.2) is 0 Å². The lowest BCUT2D eigenvalue weighted by Crippen LogP contribution is -2.70. The summed E-state index contributed by atoms with van der Waals surface area (Å²) in [4.78, 5) is 36.5. The molecule has 0 saturated heterocycles. The van der Waals surface area contributed by atoms with Crippen LogP contribution in [0.1, 0.15) is 144 Å². The summed E-state index contributed by atoms with van der Waals surface area (Å²) in [5.41, 5.74) is 4.79. The van der Waals surface area contributed by atoms with Gasteiger partial charge in [-0.1, -0.05) is 168 Å². The van der Waals surface area contributed by atoms with Crippen molar-refractivity contribution in [1.82, 2.24) is 10.2 Å². The molecule has 4 aromatic carbocycles. The van der Waals surface area contributed by atoms with E-state index in [1.165, 1.54) is 57.1 Å². The van der Waals surface area contributed by atoms with Crippen LogP contribution in [0.15, 0.2) is 133 Å². The first-order valence-electron chi connectivity index (χ1n) is 28.8. The Labute approximate surface area is 462 Å². The molecule has 422 valence electrons. The van der Waals surface area contributed by atoms with Gasteiger partial charge in [-0.25, -0.2) is 14.0 Å². The Balaban J connectivity index is 1.27. The van der Waals surface area contributed by atoms with E-state index in [-0.39, 0.29) is 70.4 Å². The van der Waals surface area contributed by atoms with E-state index < -0.39 is 35.8 Å². The number of nitrogens with zero attached hydrogens (tertiary/aromatic N) is 2. The van der Waals surface area contributed by atoms with Gasteiger partial charge in [-0.3, -0.25) is 4.90 Å². The lowest BCUT2D eigenvalue weighted by Gasteiger charge is -2.59. The van der Waals surface area contributed by atoms with Gasteiger partial charge in [0.2, 0.25) is 5.79 Å². The maximum Gasteiger partial charge on any atom is 0.412 e. The summed E-state index contributed by atoms with van der Waals surface area (Å²) in [5, 5.41) is 28.1. The Bertz CT molecular complexity index is 2490. The number of nitrogens with one attached hydrogen (secondary N) is 1. The number of allylic oxidation sites excluding steroid dienone is 1. The number of carbonyl (C=O) groups excluding carboxylic acids is 2. The van der Waals surface area contributed by atoms with Crippen molar-refractivity contribution in [2.75, 3.05) is 39.6 Å². The third-order valence-electron chi connectivity index (χ3n) is 15.3. The van der Waals surface area contributed by atoms with E-state index in [1.807, 2.05) is 72.8 Å². The van der Waals surface area contributed by atoms with Crippen LogP contribution < -0.4 is 14.8 Å². The molecule has 2 aliphatic carbocycles. The molecule has 1 fully saturated rings. The molecule has 0 aromatic heterocycles. The highest BCUT2D eigenvalue weighted by atomic mass is 19.1. The standard InChI is InChI=1S/C64H84FN3O10/c1-3-5-6-7-8-9-10-11-12-21-36-66-62(71)77-53-34-35-58-56(43-53)60-54(29-20-23-38-70)51(28-19-22-37-69)42-55-57(67-76-47-50-26-17-14-18-27-50)44-59(64(78-58,61(55)60)75-39-4-2)68(45-48-30-32-52(65)33-31-48)63(72)74-41-40-73-46-49-24-15-13-16-25-49/h4,13-18,24-27,30-35,42-43,51,54,59-61,69-70H,2-3,5-12,19-23,28-29,36-41,44-47H2,1H3,(H,66,71). The Morgan fingerprint density at radius 2 is 1.46 bits per heavy atom. The average molecular weight is 1070 g/mol. The highest BCUT2D eigenvalue weighted by Crippen LogP contribution is 2.62. The monoisotopic (exact) mass is 1070 g/mol. The number of aliphatic hydroxyl groups is 2. The Kier molecular flexibility index (Phi) is 24.5. The number of ether oxygens (including phenoxy) is 5. The van der Waals surface area contributed by atoms with Gasteiger partial charge in [0.05, 0.1) is 31.5 Å². The van der Waals surface area contributed by atoms with E-state index in [1.54, 1.807) is 29.2 Å². The molecule has 6 atom stereocenters. The maximum absolute atomic E-state index is 15.1. The van der Waals surface area contributed by atoms with Crippen molar-refractivity contribution in [3.8, 4) is 11.5 Å². The van der Waals surface area contributed by atoms with Crippen molar-refractivity contribution in [2.45, 2.75) is 154 Å². The summed E-state index contributed by atoms with van der Waals surface area (Å²) >= 11 is 0. The zero-order valence-corrected chi connectivity index (χ0v) is 45.9. The lowest BCUT2D eigenvalue weighted by molar-refractivity contribution is -0.256. The fourth-order valence-corrected chi connectivity index (χ4v) is 11.5. The molecule has 1 heterocycles. The number of fused-ring (bicyclic) bond motifs is 2. The van der Waals surface area contributed by atoms with Crippen LogP contribution in [0.3, 0.4) is 0 Å². The Hall–Kier alpha value is -6.06. The normalized spacial score (nSPS) is 20.6. The first-order chi connectivity index (χ1) is 38.3. The van der Waals surface area contributed by atoms with E-state index in [4.69, 9.17) is 33.7 Å². The summed E-state index contributed by atoms with van der Waals surface area (Å²) in [7, 11) is 0. The average Bonchev–Trinajstić information content (AvgIpc) is 2.90. The zero-order chi connectivity index (χ0) is 54.8. The van der Waals surface area contributed by atoms with Crippen molar-refractivity contribution < 1.29 is 52.7 Å². The molecule has 13 nitrogen and oxygen atoms in total. The first-order valence-corrected chi connectivity index (χ1v) is 28.8. The van der Waals surface area contributed by atoms with Gasteiger partial charge in [-0.05, 0) is 96.5 Å². The number of rotatable bonds is 34. The molecule has 3 N–H and O–H groups in total. The largest absolute Gasteiger partial charge is 0.459 e. The molecule has 0 bridgehead atoms. The SMILES string of the molecule is C=CCOC12Oc3ccc(OC(=O)NCCCCCCCCCCCC)cc3C3C(CCCCO)C(CCCCO)C=C(C(=NOCc4ccccc4)CC1N(Cc1ccc(F)cc1)C(=O)OCCOCc1ccccc1)C32. The summed E-state index contributed by atoms with van der Waals surface area (Å²) < 4.78 is 47.3. The number of aliphatic hydroxyl groups excluding tert-OH is 2. The molecule has 1 saturated carbocycles. The van der Waals surface area contributed by atoms with Crippen LogP contribution in [-0.4, -0.2) is 84.4 Å². The molecule has 0 spiro atoms. The second-order valence-corrected chi connectivity index (χ2v) is 20.9. The van der Waals surface area contributed by atoms with Gasteiger partial charge in [-0.15, -0.1) is 6.58 Å². The quantitative estimate of drug-likeness (QED) is 0.0234. The first kappa shape index (κ1) is 59.6. The van der Waals surface area contributed by atoms with E-state index in [9.17, 15) is 19.4 Å². The van der Waals surface area contributed by atoms with Crippen LogP contribution in [0.4, 0.5) is 14.0 Å². The van der Waals surface area contributed by atoms with Gasteiger partial charge < -0.3 is 44.1 Å². The second-order valence-electron chi connectivity index (χ2n) is 20.9. The Morgan fingerprint density at radius 1 is 0.795 bits per heavy atom. The summed E-state index contributed by atoms with van der Waals surface area (Å²) in [6.45, 7) is 7.52. The molecule has 78 heavy (non-hydrogen) atoms. The molecule has 4 aromatic rings. The number of benzene rings is 4. The number of unbranched alkanes of at least 4 members (excludes halogenated alkanes) is 11. The molecule has 6 unspecified atom stereocenters. The second kappa shape index (κ2) is 32.1. The minimum absolute atomic E-state index is 0.0105. The molecule has 14 heteroatoms. The van der Waals surface area contributed by atoms with Crippen LogP contribution in [0.25, 0.3) is 0 Å². The third-order valence-corrected chi connectivity index (χ3v) is 15.3.